The van der Waals surface area contributed by atoms with Crippen LogP contribution in [0.1, 0.15) is 21.5 Å². The second-order valence-electron chi connectivity index (χ2n) is 4.94. The van der Waals surface area contributed by atoms with Gasteiger partial charge in [0.05, 0.1) is 18.2 Å². The summed E-state index contributed by atoms with van der Waals surface area (Å²) in [5, 5.41) is 1.66. The van der Waals surface area contributed by atoms with E-state index in [1.54, 1.807) is 24.5 Å². The number of amides is 1. The molecule has 0 spiro atoms. The van der Waals surface area contributed by atoms with Crippen LogP contribution in [0, 0.1) is 11.8 Å². The summed E-state index contributed by atoms with van der Waals surface area (Å²) in [6, 6.07) is 13.1. The number of carbonyl (C=O) groups excluding carboxylic acids is 1. The third-order valence-electron chi connectivity index (χ3n) is 3.46. The number of fused-ring (bicyclic) bond motifs is 1. The van der Waals surface area contributed by atoms with Gasteiger partial charge in [0.2, 0.25) is 0 Å². The molecule has 2 N–H and O–H groups in total. The average Bonchev–Trinajstić information content (AvgIpc) is 2.59. The Morgan fingerprint density at radius 1 is 1.13 bits per heavy atom. The summed E-state index contributed by atoms with van der Waals surface area (Å²) in [6.07, 6.45) is 3.38. The van der Waals surface area contributed by atoms with Crippen molar-refractivity contribution in [2.45, 2.75) is 0 Å². The number of hydrogen-bond donors (Lipinski definition) is 1. The summed E-state index contributed by atoms with van der Waals surface area (Å²) in [5.41, 5.74) is 7.40. The van der Waals surface area contributed by atoms with E-state index in [2.05, 4.69) is 16.8 Å². The SMILES string of the molecule is COc1cc2cncc(C#Cc3ccccc3)c2cc1C(N)=O. The first kappa shape index (κ1) is 14.6. The van der Waals surface area contributed by atoms with Crippen LogP contribution in [0.3, 0.4) is 0 Å². The van der Waals surface area contributed by atoms with E-state index >= 15 is 0 Å². The Kier molecular flexibility index (Phi) is 3.94. The van der Waals surface area contributed by atoms with Crippen molar-refractivity contribution in [1.29, 1.82) is 0 Å². The lowest BCUT2D eigenvalue weighted by Crippen LogP contribution is -2.12. The fraction of sp³-hybridized carbons (Fsp3) is 0.0526. The highest BCUT2D eigenvalue weighted by atomic mass is 16.5. The minimum absolute atomic E-state index is 0.328. The van der Waals surface area contributed by atoms with E-state index in [0.29, 0.717) is 11.3 Å². The van der Waals surface area contributed by atoms with Gasteiger partial charge in [-0.15, -0.1) is 0 Å². The van der Waals surface area contributed by atoms with Crippen molar-refractivity contribution in [2.75, 3.05) is 7.11 Å². The van der Waals surface area contributed by atoms with Gasteiger partial charge in [0.25, 0.3) is 5.91 Å². The summed E-state index contributed by atoms with van der Waals surface area (Å²) < 4.78 is 5.22. The molecule has 0 saturated heterocycles. The molecule has 2 aromatic carbocycles. The van der Waals surface area contributed by atoms with Gasteiger partial charge >= 0.3 is 0 Å². The smallest absolute Gasteiger partial charge is 0.252 e. The number of carbonyl (C=O) groups is 1. The molecule has 0 aliphatic carbocycles. The topological polar surface area (TPSA) is 65.2 Å². The van der Waals surface area contributed by atoms with Crippen LogP contribution in [0.15, 0.2) is 54.9 Å². The maximum Gasteiger partial charge on any atom is 0.252 e. The maximum absolute atomic E-state index is 11.6. The molecular formula is C19H14N2O2. The van der Waals surface area contributed by atoms with Gasteiger partial charge in [-0.05, 0) is 24.3 Å². The van der Waals surface area contributed by atoms with Gasteiger partial charge < -0.3 is 10.5 Å². The molecule has 0 bridgehead atoms. The second kappa shape index (κ2) is 6.20. The predicted molar refractivity (Wildman–Crippen MR) is 89.2 cm³/mol. The molecule has 1 aromatic heterocycles. The third-order valence-corrected chi connectivity index (χ3v) is 3.46. The maximum atomic E-state index is 11.6. The zero-order valence-corrected chi connectivity index (χ0v) is 12.5. The number of aromatic nitrogens is 1. The van der Waals surface area contributed by atoms with E-state index in [4.69, 9.17) is 10.5 Å². The second-order valence-corrected chi connectivity index (χ2v) is 4.94. The van der Waals surface area contributed by atoms with Crippen LogP contribution in [0.5, 0.6) is 5.75 Å². The monoisotopic (exact) mass is 302 g/mol. The van der Waals surface area contributed by atoms with E-state index in [0.717, 1.165) is 21.9 Å². The number of hydrogen-bond acceptors (Lipinski definition) is 3. The Hall–Kier alpha value is -3.32. The lowest BCUT2D eigenvalue weighted by molar-refractivity contribution is 0.0997. The zero-order valence-electron chi connectivity index (χ0n) is 12.5. The van der Waals surface area contributed by atoms with Crippen LogP contribution < -0.4 is 10.5 Å². The normalized spacial score (nSPS) is 9.96. The number of methoxy groups -OCH3 is 1. The van der Waals surface area contributed by atoms with Crippen molar-refractivity contribution in [1.82, 2.24) is 4.98 Å². The molecule has 0 aliphatic rings. The Labute approximate surface area is 133 Å². The van der Waals surface area contributed by atoms with Crippen LogP contribution in [0.25, 0.3) is 10.8 Å². The largest absolute Gasteiger partial charge is 0.496 e. The van der Waals surface area contributed by atoms with Gasteiger partial charge in [-0.1, -0.05) is 30.0 Å². The predicted octanol–water partition coefficient (Wildman–Crippen LogP) is 2.74. The van der Waals surface area contributed by atoms with Crippen LogP contribution in [-0.4, -0.2) is 18.0 Å². The van der Waals surface area contributed by atoms with Crippen LogP contribution >= 0.6 is 0 Å². The van der Waals surface area contributed by atoms with Crippen molar-refractivity contribution in [3.8, 4) is 17.6 Å². The number of pyridine rings is 1. The molecule has 4 nitrogen and oxygen atoms in total. The standard InChI is InChI=1S/C19H14N2O2/c1-23-18-9-15-12-21-11-14(16(15)10-17(18)19(20)22)8-7-13-5-3-2-4-6-13/h2-6,9-12H,1H3,(H2,20,22). The van der Waals surface area contributed by atoms with Crippen LogP contribution in [0.2, 0.25) is 0 Å². The van der Waals surface area contributed by atoms with Gasteiger partial charge in [-0.25, -0.2) is 0 Å². The number of rotatable bonds is 2. The number of nitrogens with two attached hydrogens (primary N) is 1. The molecule has 0 radical (unpaired) electrons. The third kappa shape index (κ3) is 2.99. The van der Waals surface area contributed by atoms with E-state index in [-0.39, 0.29) is 0 Å². The number of ether oxygens (including phenoxy) is 1. The minimum Gasteiger partial charge on any atom is -0.496 e. The molecule has 0 atom stereocenters. The molecule has 0 saturated carbocycles. The van der Waals surface area contributed by atoms with E-state index in [1.807, 2.05) is 30.3 Å². The molecule has 1 heterocycles. The fourth-order valence-electron chi connectivity index (χ4n) is 2.32. The molecule has 0 aliphatic heterocycles. The van der Waals surface area contributed by atoms with Crippen molar-refractivity contribution in [2.24, 2.45) is 5.73 Å². The van der Waals surface area contributed by atoms with Gasteiger partial charge in [0.1, 0.15) is 5.75 Å². The highest BCUT2D eigenvalue weighted by Gasteiger charge is 2.12. The molecule has 1 amide bonds. The summed E-state index contributed by atoms with van der Waals surface area (Å²) in [6.45, 7) is 0. The van der Waals surface area contributed by atoms with E-state index < -0.39 is 5.91 Å². The molecule has 0 unspecified atom stereocenters. The molecule has 3 rings (SSSR count). The fourth-order valence-corrected chi connectivity index (χ4v) is 2.32. The van der Waals surface area contributed by atoms with Crippen LogP contribution in [0.4, 0.5) is 0 Å². The van der Waals surface area contributed by atoms with Gasteiger partial charge in [0.15, 0.2) is 0 Å². The van der Waals surface area contributed by atoms with E-state index in [1.165, 1.54) is 7.11 Å². The molecular weight excluding hydrogens is 288 g/mol. The zero-order chi connectivity index (χ0) is 16.2. The lowest BCUT2D eigenvalue weighted by Gasteiger charge is -2.08. The Bertz CT molecular complexity index is 938. The molecule has 23 heavy (non-hydrogen) atoms. The van der Waals surface area contributed by atoms with Gasteiger partial charge in [0, 0.05) is 28.7 Å². The first-order valence-electron chi connectivity index (χ1n) is 7.01. The number of nitrogens with zero attached hydrogens (tertiary/aromatic N) is 1. The van der Waals surface area contributed by atoms with Gasteiger partial charge in [-0.2, -0.15) is 0 Å². The van der Waals surface area contributed by atoms with Crippen molar-refractivity contribution < 1.29 is 9.53 Å². The highest BCUT2D eigenvalue weighted by Crippen LogP contribution is 2.27. The lowest BCUT2D eigenvalue weighted by atomic mass is 10.0. The first-order chi connectivity index (χ1) is 11.2. The minimum atomic E-state index is -0.539. The quantitative estimate of drug-likeness (QED) is 0.740. The van der Waals surface area contributed by atoms with Crippen molar-refractivity contribution >= 4 is 16.7 Å². The number of primary amides is 1. The summed E-state index contributed by atoms with van der Waals surface area (Å²) in [4.78, 5) is 15.8. The van der Waals surface area contributed by atoms with Gasteiger partial charge in [-0.3, -0.25) is 9.78 Å². The van der Waals surface area contributed by atoms with Crippen molar-refractivity contribution in [3.63, 3.8) is 0 Å². The first-order valence-corrected chi connectivity index (χ1v) is 7.01. The Balaban J connectivity index is 2.17. The summed E-state index contributed by atoms with van der Waals surface area (Å²) in [7, 11) is 1.50. The summed E-state index contributed by atoms with van der Waals surface area (Å²) >= 11 is 0. The Morgan fingerprint density at radius 2 is 1.91 bits per heavy atom. The Morgan fingerprint density at radius 3 is 2.61 bits per heavy atom. The average molecular weight is 302 g/mol. The van der Waals surface area contributed by atoms with Crippen molar-refractivity contribution in [3.05, 3.63) is 71.5 Å². The molecule has 112 valence electrons. The highest BCUT2D eigenvalue weighted by molar-refractivity contribution is 6.01. The van der Waals surface area contributed by atoms with E-state index in [9.17, 15) is 4.79 Å². The molecule has 0 fully saturated rings. The summed E-state index contributed by atoms with van der Waals surface area (Å²) in [5.74, 6) is 6.09. The molecule has 3 aromatic rings. The van der Waals surface area contributed by atoms with Crippen LogP contribution in [-0.2, 0) is 0 Å². The molecule has 4 heteroatoms. The number of benzene rings is 2.